The number of nitrogens with one attached hydrogen (secondary N) is 1. The third-order valence-corrected chi connectivity index (χ3v) is 7.15. The number of rotatable bonds is 5. The summed E-state index contributed by atoms with van der Waals surface area (Å²) in [6, 6.07) is 8.37. The average molecular weight is 370 g/mol. The highest BCUT2D eigenvalue weighted by Crippen LogP contribution is 2.43. The molecule has 0 aromatic carbocycles. The van der Waals surface area contributed by atoms with Crippen molar-refractivity contribution in [1.29, 1.82) is 0 Å². The summed E-state index contributed by atoms with van der Waals surface area (Å²) < 4.78 is 0. The van der Waals surface area contributed by atoms with Gasteiger partial charge in [0.15, 0.2) is 0 Å². The number of thiophene rings is 1. The first kappa shape index (κ1) is 17.5. The fourth-order valence-corrected chi connectivity index (χ4v) is 5.45. The molecule has 0 radical (unpaired) electrons. The monoisotopic (exact) mass is 369 g/mol. The Morgan fingerprint density at radius 3 is 2.58 bits per heavy atom. The maximum Gasteiger partial charge on any atom is 0.231 e. The van der Waals surface area contributed by atoms with Gasteiger partial charge in [-0.05, 0) is 55.2 Å². The SMILES string of the molecule is O=C(NCC1CCN(c2ccncc2)CC1)C1(c2cccs2)CCCC1. The highest BCUT2D eigenvalue weighted by Gasteiger charge is 2.43. The van der Waals surface area contributed by atoms with Gasteiger partial charge in [0, 0.05) is 42.6 Å². The Hall–Kier alpha value is -1.88. The number of aromatic nitrogens is 1. The molecular weight excluding hydrogens is 342 g/mol. The van der Waals surface area contributed by atoms with Crippen molar-refractivity contribution in [2.45, 2.75) is 43.9 Å². The molecule has 1 aliphatic carbocycles. The highest BCUT2D eigenvalue weighted by atomic mass is 32.1. The molecule has 0 bridgehead atoms. The summed E-state index contributed by atoms with van der Waals surface area (Å²) in [6.07, 6.45) is 10.3. The van der Waals surface area contributed by atoms with Gasteiger partial charge in [0.2, 0.25) is 5.91 Å². The van der Waals surface area contributed by atoms with E-state index in [2.05, 4.69) is 44.8 Å². The Bertz CT molecular complexity index is 702. The summed E-state index contributed by atoms with van der Waals surface area (Å²) in [5.74, 6) is 0.841. The molecule has 0 spiro atoms. The van der Waals surface area contributed by atoms with E-state index in [1.807, 2.05) is 12.4 Å². The van der Waals surface area contributed by atoms with Crippen LogP contribution < -0.4 is 10.2 Å². The minimum atomic E-state index is -0.258. The first-order chi connectivity index (χ1) is 12.8. The van der Waals surface area contributed by atoms with Gasteiger partial charge in [-0.1, -0.05) is 18.9 Å². The maximum absolute atomic E-state index is 13.1. The number of carbonyl (C=O) groups is 1. The van der Waals surface area contributed by atoms with E-state index >= 15 is 0 Å². The molecule has 138 valence electrons. The van der Waals surface area contributed by atoms with Gasteiger partial charge in [-0.2, -0.15) is 0 Å². The van der Waals surface area contributed by atoms with Gasteiger partial charge < -0.3 is 10.2 Å². The molecule has 4 nitrogen and oxygen atoms in total. The molecule has 26 heavy (non-hydrogen) atoms. The number of piperidine rings is 1. The number of pyridine rings is 1. The van der Waals surface area contributed by atoms with Crippen LogP contribution in [0.4, 0.5) is 5.69 Å². The molecule has 1 aliphatic heterocycles. The van der Waals surface area contributed by atoms with Crippen molar-refractivity contribution in [2.75, 3.05) is 24.5 Å². The average Bonchev–Trinajstić information content (AvgIpc) is 3.39. The van der Waals surface area contributed by atoms with Crippen LogP contribution in [0.2, 0.25) is 0 Å². The summed E-state index contributed by atoms with van der Waals surface area (Å²) >= 11 is 1.73. The summed E-state index contributed by atoms with van der Waals surface area (Å²) in [4.78, 5) is 20.8. The lowest BCUT2D eigenvalue weighted by Gasteiger charge is -2.34. The van der Waals surface area contributed by atoms with Crippen LogP contribution in [-0.2, 0) is 10.2 Å². The molecule has 2 aliphatic rings. The summed E-state index contributed by atoms with van der Waals surface area (Å²) in [6.45, 7) is 2.93. The van der Waals surface area contributed by atoms with Gasteiger partial charge in [0.05, 0.1) is 5.41 Å². The van der Waals surface area contributed by atoms with Gasteiger partial charge in [0.25, 0.3) is 0 Å². The lowest BCUT2D eigenvalue weighted by molar-refractivity contribution is -0.126. The van der Waals surface area contributed by atoms with Gasteiger partial charge in [-0.3, -0.25) is 9.78 Å². The van der Waals surface area contributed by atoms with Crippen molar-refractivity contribution in [1.82, 2.24) is 10.3 Å². The Morgan fingerprint density at radius 2 is 1.92 bits per heavy atom. The first-order valence-electron chi connectivity index (χ1n) is 9.75. The van der Waals surface area contributed by atoms with Gasteiger partial charge in [-0.25, -0.2) is 0 Å². The van der Waals surface area contributed by atoms with Crippen LogP contribution in [0.5, 0.6) is 0 Å². The molecule has 1 saturated heterocycles. The highest BCUT2D eigenvalue weighted by molar-refractivity contribution is 7.10. The smallest absolute Gasteiger partial charge is 0.231 e. The first-order valence-corrected chi connectivity index (χ1v) is 10.6. The third kappa shape index (κ3) is 3.50. The lowest BCUT2D eigenvalue weighted by atomic mass is 9.83. The van der Waals surface area contributed by atoms with Crippen molar-refractivity contribution in [3.63, 3.8) is 0 Å². The minimum absolute atomic E-state index is 0.258. The van der Waals surface area contributed by atoms with Crippen LogP contribution in [0, 0.1) is 5.92 Å². The summed E-state index contributed by atoms with van der Waals surface area (Å²) in [5.41, 5.74) is 0.997. The molecule has 0 atom stereocenters. The topological polar surface area (TPSA) is 45.2 Å². The minimum Gasteiger partial charge on any atom is -0.371 e. The molecule has 1 saturated carbocycles. The molecule has 4 rings (SSSR count). The molecule has 1 amide bonds. The van der Waals surface area contributed by atoms with Crippen molar-refractivity contribution < 1.29 is 4.79 Å². The van der Waals surface area contributed by atoms with Crippen LogP contribution in [0.15, 0.2) is 42.0 Å². The zero-order valence-electron chi connectivity index (χ0n) is 15.2. The van der Waals surface area contributed by atoms with E-state index in [1.165, 1.54) is 10.6 Å². The van der Waals surface area contributed by atoms with E-state index in [0.29, 0.717) is 5.92 Å². The largest absolute Gasteiger partial charge is 0.371 e. The second-order valence-electron chi connectivity index (χ2n) is 7.61. The van der Waals surface area contributed by atoms with Crippen LogP contribution in [0.25, 0.3) is 0 Å². The number of hydrogen-bond donors (Lipinski definition) is 1. The standard InChI is InChI=1S/C21H27N3OS/c25-20(21(9-1-2-10-21)19-4-3-15-26-19)23-16-17-7-13-24(14-8-17)18-5-11-22-12-6-18/h3-6,11-12,15,17H,1-2,7-10,13-14,16H2,(H,23,25). The Labute approximate surface area is 159 Å². The zero-order valence-corrected chi connectivity index (χ0v) is 16.0. The van der Waals surface area contributed by atoms with E-state index in [-0.39, 0.29) is 11.3 Å². The molecule has 2 fully saturated rings. The predicted molar refractivity (Wildman–Crippen MR) is 107 cm³/mol. The quantitative estimate of drug-likeness (QED) is 0.867. The second kappa shape index (κ2) is 7.78. The zero-order chi connectivity index (χ0) is 17.8. The van der Waals surface area contributed by atoms with E-state index < -0.39 is 0 Å². The van der Waals surface area contributed by atoms with E-state index in [0.717, 1.165) is 58.2 Å². The van der Waals surface area contributed by atoms with Crippen LogP contribution in [0.3, 0.4) is 0 Å². The van der Waals surface area contributed by atoms with Crippen LogP contribution in [0.1, 0.15) is 43.4 Å². The predicted octanol–water partition coefficient (Wildman–Crippen LogP) is 3.99. The van der Waals surface area contributed by atoms with E-state index in [9.17, 15) is 4.79 Å². The van der Waals surface area contributed by atoms with Crippen molar-refractivity contribution in [3.8, 4) is 0 Å². The normalized spacial score (nSPS) is 20.2. The molecule has 1 N–H and O–H groups in total. The number of anilines is 1. The van der Waals surface area contributed by atoms with Crippen LogP contribution >= 0.6 is 11.3 Å². The molecule has 2 aromatic heterocycles. The number of hydrogen-bond acceptors (Lipinski definition) is 4. The number of carbonyl (C=O) groups excluding carboxylic acids is 1. The third-order valence-electron chi connectivity index (χ3n) is 6.08. The van der Waals surface area contributed by atoms with Gasteiger partial charge >= 0.3 is 0 Å². The molecule has 2 aromatic rings. The maximum atomic E-state index is 13.1. The fraction of sp³-hybridized carbons (Fsp3) is 0.524. The van der Waals surface area contributed by atoms with Gasteiger partial charge in [-0.15, -0.1) is 11.3 Å². The van der Waals surface area contributed by atoms with Crippen LogP contribution in [-0.4, -0.2) is 30.5 Å². The second-order valence-corrected chi connectivity index (χ2v) is 8.56. The Balaban J connectivity index is 1.31. The molecule has 5 heteroatoms. The van der Waals surface area contributed by atoms with Crippen molar-refractivity contribution >= 4 is 22.9 Å². The summed E-state index contributed by atoms with van der Waals surface area (Å²) in [5, 5.41) is 5.41. The molecule has 3 heterocycles. The van der Waals surface area contributed by atoms with E-state index in [4.69, 9.17) is 0 Å². The Morgan fingerprint density at radius 1 is 1.19 bits per heavy atom. The van der Waals surface area contributed by atoms with Crippen molar-refractivity contribution in [2.24, 2.45) is 5.92 Å². The lowest BCUT2D eigenvalue weighted by Crippen LogP contribution is -2.45. The van der Waals surface area contributed by atoms with Gasteiger partial charge in [0.1, 0.15) is 0 Å². The number of nitrogens with zero attached hydrogens (tertiary/aromatic N) is 2. The fourth-order valence-electron chi connectivity index (χ4n) is 4.47. The number of amides is 1. The molecule has 0 unspecified atom stereocenters. The Kier molecular flexibility index (Phi) is 5.25. The summed E-state index contributed by atoms with van der Waals surface area (Å²) in [7, 11) is 0. The van der Waals surface area contributed by atoms with Crippen molar-refractivity contribution in [3.05, 3.63) is 46.9 Å². The molecular formula is C21H27N3OS. The van der Waals surface area contributed by atoms with E-state index in [1.54, 1.807) is 11.3 Å².